The van der Waals surface area contributed by atoms with E-state index in [4.69, 9.17) is 4.74 Å². The first-order chi connectivity index (χ1) is 8.13. The lowest BCUT2D eigenvalue weighted by Gasteiger charge is -2.40. The van der Waals surface area contributed by atoms with Gasteiger partial charge in [0.1, 0.15) is 11.4 Å². The summed E-state index contributed by atoms with van der Waals surface area (Å²) in [5.74, 6) is 0.524. The van der Waals surface area contributed by atoms with Crippen molar-refractivity contribution in [2.75, 3.05) is 6.26 Å². The molecule has 1 heterocycles. The third-order valence-electron chi connectivity index (χ3n) is 3.04. The number of alkyl halides is 1. The second kappa shape index (κ2) is 4.21. The van der Waals surface area contributed by atoms with Gasteiger partial charge in [0.05, 0.1) is 15.8 Å². The third-order valence-corrected chi connectivity index (χ3v) is 5.76. The third kappa shape index (κ3) is 2.29. The standard InChI is InChI=1S/C12H15BrO4S/c1-12(2)11(13)10(14)8-6-7(18(3,15)16)4-5-9(8)17-12/h4-6,10-11,14H,1-3H3/t10-,11+/m1/s1. The summed E-state index contributed by atoms with van der Waals surface area (Å²) in [7, 11) is -3.29. The van der Waals surface area contributed by atoms with Gasteiger partial charge in [-0.15, -0.1) is 0 Å². The zero-order valence-electron chi connectivity index (χ0n) is 10.3. The summed E-state index contributed by atoms with van der Waals surface area (Å²) in [5.41, 5.74) is -0.0573. The molecule has 0 aliphatic carbocycles. The van der Waals surface area contributed by atoms with Crippen LogP contribution in [0, 0.1) is 0 Å². The first-order valence-corrected chi connectivity index (χ1v) is 8.29. The van der Waals surface area contributed by atoms with Crippen molar-refractivity contribution in [3.8, 4) is 5.75 Å². The maximum atomic E-state index is 11.5. The summed E-state index contributed by atoms with van der Waals surface area (Å²) < 4.78 is 28.8. The minimum absolute atomic E-state index is 0.184. The van der Waals surface area contributed by atoms with E-state index in [9.17, 15) is 13.5 Å². The smallest absolute Gasteiger partial charge is 0.175 e. The van der Waals surface area contributed by atoms with Gasteiger partial charge < -0.3 is 9.84 Å². The first-order valence-electron chi connectivity index (χ1n) is 5.48. The van der Waals surface area contributed by atoms with Crippen LogP contribution in [0.4, 0.5) is 0 Å². The highest BCUT2D eigenvalue weighted by molar-refractivity contribution is 9.09. The summed E-state index contributed by atoms with van der Waals surface area (Å²) in [6.45, 7) is 3.73. The number of aliphatic hydroxyl groups excluding tert-OH is 1. The molecule has 0 spiro atoms. The van der Waals surface area contributed by atoms with E-state index >= 15 is 0 Å². The Balaban J connectivity index is 2.56. The molecule has 1 aromatic carbocycles. The van der Waals surface area contributed by atoms with Crippen LogP contribution in [0.15, 0.2) is 23.1 Å². The summed E-state index contributed by atoms with van der Waals surface area (Å²) in [4.78, 5) is -0.115. The molecule has 0 saturated carbocycles. The van der Waals surface area contributed by atoms with Crippen LogP contribution in [0.3, 0.4) is 0 Å². The van der Waals surface area contributed by atoms with E-state index in [-0.39, 0.29) is 9.72 Å². The average Bonchev–Trinajstić information content (AvgIpc) is 2.24. The van der Waals surface area contributed by atoms with Gasteiger partial charge in [-0.05, 0) is 32.0 Å². The summed E-state index contributed by atoms with van der Waals surface area (Å²) in [6, 6.07) is 4.56. The van der Waals surface area contributed by atoms with Crippen LogP contribution in [0.2, 0.25) is 0 Å². The molecule has 1 aliphatic rings. The van der Waals surface area contributed by atoms with Crippen molar-refractivity contribution in [2.24, 2.45) is 0 Å². The molecule has 0 saturated heterocycles. The minimum Gasteiger partial charge on any atom is -0.486 e. The number of hydrogen-bond acceptors (Lipinski definition) is 4. The van der Waals surface area contributed by atoms with Crippen molar-refractivity contribution < 1.29 is 18.3 Å². The molecular formula is C12H15BrO4S. The number of sulfone groups is 1. The maximum absolute atomic E-state index is 11.5. The Morgan fingerprint density at radius 1 is 1.39 bits per heavy atom. The van der Waals surface area contributed by atoms with Gasteiger partial charge in [0.25, 0.3) is 0 Å². The Hall–Kier alpha value is -0.590. The molecule has 0 unspecified atom stereocenters. The van der Waals surface area contributed by atoms with E-state index in [1.54, 1.807) is 6.07 Å². The van der Waals surface area contributed by atoms with Crippen molar-refractivity contribution in [1.82, 2.24) is 0 Å². The normalized spacial score (nSPS) is 26.3. The average molecular weight is 335 g/mol. The fraction of sp³-hybridized carbons (Fsp3) is 0.500. The van der Waals surface area contributed by atoms with E-state index < -0.39 is 21.5 Å². The van der Waals surface area contributed by atoms with Crippen LogP contribution in [0.5, 0.6) is 5.75 Å². The number of ether oxygens (including phenoxy) is 1. The van der Waals surface area contributed by atoms with Gasteiger partial charge in [-0.1, -0.05) is 15.9 Å². The molecule has 100 valence electrons. The highest BCUT2D eigenvalue weighted by Gasteiger charge is 2.41. The summed E-state index contributed by atoms with van der Waals surface area (Å²) in [5, 5.41) is 10.2. The maximum Gasteiger partial charge on any atom is 0.175 e. The highest BCUT2D eigenvalue weighted by atomic mass is 79.9. The van der Waals surface area contributed by atoms with E-state index in [2.05, 4.69) is 15.9 Å². The molecule has 0 radical (unpaired) electrons. The van der Waals surface area contributed by atoms with Crippen LogP contribution in [-0.4, -0.2) is 30.2 Å². The highest BCUT2D eigenvalue weighted by Crippen LogP contribution is 2.43. The predicted octanol–water partition coefficient (Wildman–Crippen LogP) is 2.06. The number of benzene rings is 1. The number of hydrogen-bond donors (Lipinski definition) is 1. The van der Waals surface area contributed by atoms with Crippen LogP contribution in [0.1, 0.15) is 25.5 Å². The topological polar surface area (TPSA) is 63.6 Å². The second-order valence-corrected chi connectivity index (χ2v) is 8.03. The number of aliphatic hydroxyl groups is 1. The minimum atomic E-state index is -3.29. The summed E-state index contributed by atoms with van der Waals surface area (Å²) in [6.07, 6.45) is 0.339. The molecular weight excluding hydrogens is 320 g/mol. The molecule has 1 aliphatic heterocycles. The van der Waals surface area contributed by atoms with E-state index in [1.807, 2.05) is 13.8 Å². The van der Waals surface area contributed by atoms with Crippen LogP contribution >= 0.6 is 15.9 Å². The van der Waals surface area contributed by atoms with Crippen molar-refractivity contribution >= 4 is 25.8 Å². The number of halogens is 1. The molecule has 0 amide bonds. The Morgan fingerprint density at radius 3 is 2.56 bits per heavy atom. The molecule has 18 heavy (non-hydrogen) atoms. The van der Waals surface area contributed by atoms with E-state index in [1.165, 1.54) is 12.1 Å². The fourth-order valence-corrected chi connectivity index (χ4v) is 2.99. The molecule has 1 N–H and O–H groups in total. The van der Waals surface area contributed by atoms with Gasteiger partial charge in [0.15, 0.2) is 9.84 Å². The zero-order chi connectivity index (χ0) is 13.7. The number of rotatable bonds is 1. The van der Waals surface area contributed by atoms with Gasteiger partial charge in [0, 0.05) is 11.8 Å². The molecule has 0 bridgehead atoms. The van der Waals surface area contributed by atoms with E-state index in [0.29, 0.717) is 11.3 Å². The van der Waals surface area contributed by atoms with Crippen LogP contribution in [0.25, 0.3) is 0 Å². The Kier molecular flexibility index (Phi) is 3.24. The molecule has 6 heteroatoms. The summed E-state index contributed by atoms with van der Waals surface area (Å²) >= 11 is 3.40. The van der Waals surface area contributed by atoms with Crippen molar-refractivity contribution in [3.63, 3.8) is 0 Å². The van der Waals surface area contributed by atoms with Crippen LogP contribution in [-0.2, 0) is 9.84 Å². The molecule has 2 atom stereocenters. The number of fused-ring (bicyclic) bond motifs is 1. The van der Waals surface area contributed by atoms with E-state index in [0.717, 1.165) is 6.26 Å². The molecule has 0 aromatic heterocycles. The van der Waals surface area contributed by atoms with Gasteiger partial charge in [-0.25, -0.2) is 8.42 Å². The van der Waals surface area contributed by atoms with Crippen molar-refractivity contribution in [2.45, 2.75) is 35.3 Å². The first kappa shape index (κ1) is 13.8. The van der Waals surface area contributed by atoms with Gasteiger partial charge >= 0.3 is 0 Å². The van der Waals surface area contributed by atoms with Gasteiger partial charge in [0.2, 0.25) is 0 Å². The zero-order valence-corrected chi connectivity index (χ0v) is 12.7. The largest absolute Gasteiger partial charge is 0.486 e. The lowest BCUT2D eigenvalue weighted by molar-refractivity contribution is 0.0223. The molecule has 0 fully saturated rings. The van der Waals surface area contributed by atoms with Crippen molar-refractivity contribution in [1.29, 1.82) is 0 Å². The van der Waals surface area contributed by atoms with Gasteiger partial charge in [-0.2, -0.15) is 0 Å². The second-order valence-electron chi connectivity index (χ2n) is 5.02. The quantitative estimate of drug-likeness (QED) is 0.798. The Morgan fingerprint density at radius 2 is 2.00 bits per heavy atom. The fourth-order valence-electron chi connectivity index (χ4n) is 1.96. The van der Waals surface area contributed by atoms with Gasteiger partial charge in [-0.3, -0.25) is 0 Å². The van der Waals surface area contributed by atoms with Crippen molar-refractivity contribution in [3.05, 3.63) is 23.8 Å². The molecule has 4 nitrogen and oxygen atoms in total. The van der Waals surface area contributed by atoms with Crippen LogP contribution < -0.4 is 4.74 Å². The monoisotopic (exact) mass is 334 g/mol. The predicted molar refractivity (Wildman–Crippen MR) is 71.9 cm³/mol. The molecule has 2 rings (SSSR count). The Bertz CT molecular complexity index is 580. The lowest BCUT2D eigenvalue weighted by atomic mass is 9.91. The molecule has 1 aromatic rings. The SMILES string of the molecule is CC1(C)Oc2ccc(S(C)(=O)=O)cc2[C@@H](O)[C@@H]1Br. The Labute approximate surface area is 115 Å². The lowest BCUT2D eigenvalue weighted by Crippen LogP contribution is -2.45.